The summed E-state index contributed by atoms with van der Waals surface area (Å²) in [5, 5.41) is 10.7. The van der Waals surface area contributed by atoms with E-state index >= 15 is 0 Å². The number of methoxy groups -OCH3 is 2. The van der Waals surface area contributed by atoms with Crippen LogP contribution >= 0.6 is 0 Å². The van der Waals surface area contributed by atoms with Crippen LogP contribution in [-0.2, 0) is 13.0 Å². The van der Waals surface area contributed by atoms with Crippen molar-refractivity contribution in [2.24, 2.45) is 0 Å². The zero-order chi connectivity index (χ0) is 19.7. The second-order valence-corrected chi connectivity index (χ2v) is 6.44. The van der Waals surface area contributed by atoms with Gasteiger partial charge in [0.25, 0.3) is 5.56 Å². The molecule has 0 atom stereocenters. The molecule has 0 saturated heterocycles. The van der Waals surface area contributed by atoms with Crippen LogP contribution in [0.25, 0.3) is 21.8 Å². The van der Waals surface area contributed by atoms with Crippen molar-refractivity contribution in [2.45, 2.75) is 13.0 Å². The summed E-state index contributed by atoms with van der Waals surface area (Å²) in [7, 11) is 3.06. The summed E-state index contributed by atoms with van der Waals surface area (Å²) in [5.74, 6) is 1.53. The molecule has 0 unspecified atom stereocenters. The molecule has 4 aromatic rings. The van der Waals surface area contributed by atoms with Crippen molar-refractivity contribution in [3.63, 3.8) is 0 Å². The Bertz CT molecular complexity index is 1230. The molecular formula is C21H19N3O4. The van der Waals surface area contributed by atoms with E-state index in [0.29, 0.717) is 34.6 Å². The van der Waals surface area contributed by atoms with Crippen LogP contribution in [0.15, 0.2) is 47.4 Å². The minimum absolute atomic E-state index is 0.0228. The van der Waals surface area contributed by atoms with Crippen molar-refractivity contribution >= 4 is 21.8 Å². The van der Waals surface area contributed by atoms with Gasteiger partial charge in [-0.05, 0) is 35.4 Å². The van der Waals surface area contributed by atoms with Crippen molar-refractivity contribution in [1.82, 2.24) is 15.0 Å². The van der Waals surface area contributed by atoms with Gasteiger partial charge >= 0.3 is 0 Å². The molecule has 2 heterocycles. The Hall–Kier alpha value is -3.45. The first-order valence-electron chi connectivity index (χ1n) is 8.74. The normalized spacial score (nSPS) is 11.1. The summed E-state index contributed by atoms with van der Waals surface area (Å²) in [6.07, 6.45) is 2.19. The number of aliphatic hydroxyl groups excluding tert-OH is 1. The standard InChI is InChI=1S/C21H19N3O4/c1-27-18-8-15-17(9-19(18)28-2)23-20(24-21(15)26)7-13-6-14-5-12(11-25)3-4-16(14)22-10-13/h3-6,8-10,25H,7,11H2,1-2H3,(H,23,24,26). The second kappa shape index (κ2) is 7.28. The van der Waals surface area contributed by atoms with E-state index in [1.54, 1.807) is 25.4 Å². The number of pyridine rings is 1. The number of nitrogens with zero attached hydrogens (tertiary/aromatic N) is 2. The first-order chi connectivity index (χ1) is 13.6. The maximum Gasteiger partial charge on any atom is 0.258 e. The smallest absolute Gasteiger partial charge is 0.258 e. The number of H-pyrrole nitrogens is 1. The summed E-state index contributed by atoms with van der Waals surface area (Å²) < 4.78 is 10.6. The predicted molar refractivity (Wildman–Crippen MR) is 106 cm³/mol. The lowest BCUT2D eigenvalue weighted by Crippen LogP contribution is -2.12. The molecule has 0 aliphatic carbocycles. The highest BCUT2D eigenvalue weighted by Crippen LogP contribution is 2.30. The van der Waals surface area contributed by atoms with E-state index in [2.05, 4.69) is 15.0 Å². The summed E-state index contributed by atoms with van der Waals surface area (Å²) in [6, 6.07) is 10.9. The maximum absolute atomic E-state index is 12.5. The number of hydrogen-bond donors (Lipinski definition) is 2. The van der Waals surface area contributed by atoms with E-state index in [-0.39, 0.29) is 12.2 Å². The van der Waals surface area contributed by atoms with E-state index in [9.17, 15) is 9.90 Å². The highest BCUT2D eigenvalue weighted by Gasteiger charge is 2.11. The lowest BCUT2D eigenvalue weighted by atomic mass is 10.1. The first kappa shape index (κ1) is 17.9. The number of aromatic amines is 1. The zero-order valence-corrected chi connectivity index (χ0v) is 15.5. The lowest BCUT2D eigenvalue weighted by Gasteiger charge is -2.09. The molecule has 7 heteroatoms. The van der Waals surface area contributed by atoms with Crippen molar-refractivity contribution in [3.05, 3.63) is 69.9 Å². The van der Waals surface area contributed by atoms with E-state index in [4.69, 9.17) is 9.47 Å². The molecule has 142 valence electrons. The fourth-order valence-electron chi connectivity index (χ4n) is 3.21. The molecule has 2 aromatic carbocycles. The van der Waals surface area contributed by atoms with Crippen LogP contribution < -0.4 is 15.0 Å². The van der Waals surface area contributed by atoms with Gasteiger partial charge in [-0.2, -0.15) is 0 Å². The molecule has 0 radical (unpaired) electrons. The third kappa shape index (κ3) is 3.27. The van der Waals surface area contributed by atoms with Gasteiger partial charge in [-0.15, -0.1) is 0 Å². The Morgan fingerprint density at radius 1 is 1.00 bits per heavy atom. The van der Waals surface area contributed by atoms with Gasteiger partial charge in [0.15, 0.2) is 11.5 Å². The van der Waals surface area contributed by atoms with Crippen LogP contribution in [-0.4, -0.2) is 34.3 Å². The van der Waals surface area contributed by atoms with Crippen LogP contribution in [0.4, 0.5) is 0 Å². The third-order valence-corrected chi connectivity index (χ3v) is 4.62. The van der Waals surface area contributed by atoms with Gasteiger partial charge in [0.1, 0.15) is 5.82 Å². The molecule has 0 saturated carbocycles. The number of benzene rings is 2. The number of fused-ring (bicyclic) bond motifs is 2. The SMILES string of the molecule is COc1cc2nc(Cc3cnc4ccc(CO)cc4c3)[nH]c(=O)c2cc1OC. The van der Waals surface area contributed by atoms with E-state index in [1.807, 2.05) is 24.3 Å². The Balaban J connectivity index is 1.75. The number of nitrogens with one attached hydrogen (secondary N) is 1. The van der Waals surface area contributed by atoms with Crippen LogP contribution in [0, 0.1) is 0 Å². The molecule has 2 N–H and O–H groups in total. The van der Waals surface area contributed by atoms with Crippen LogP contribution in [0.5, 0.6) is 11.5 Å². The van der Waals surface area contributed by atoms with Gasteiger partial charge in [-0.3, -0.25) is 9.78 Å². The molecule has 2 aromatic heterocycles. The van der Waals surface area contributed by atoms with Crippen molar-refractivity contribution in [1.29, 1.82) is 0 Å². The van der Waals surface area contributed by atoms with E-state index < -0.39 is 0 Å². The van der Waals surface area contributed by atoms with E-state index in [1.165, 1.54) is 7.11 Å². The van der Waals surface area contributed by atoms with Gasteiger partial charge < -0.3 is 19.6 Å². The lowest BCUT2D eigenvalue weighted by molar-refractivity contribution is 0.282. The minimum Gasteiger partial charge on any atom is -0.493 e. The average Bonchev–Trinajstić information content (AvgIpc) is 2.72. The minimum atomic E-state index is -0.239. The molecule has 7 nitrogen and oxygen atoms in total. The van der Waals surface area contributed by atoms with Gasteiger partial charge in [0.2, 0.25) is 0 Å². The van der Waals surface area contributed by atoms with Gasteiger partial charge in [-0.1, -0.05) is 6.07 Å². The Labute approximate surface area is 160 Å². The number of ether oxygens (including phenoxy) is 2. The molecule has 28 heavy (non-hydrogen) atoms. The van der Waals surface area contributed by atoms with Crippen LogP contribution in [0.3, 0.4) is 0 Å². The predicted octanol–water partition coefficient (Wildman–Crippen LogP) is 2.57. The average molecular weight is 377 g/mol. The van der Waals surface area contributed by atoms with Gasteiger partial charge in [0.05, 0.1) is 37.2 Å². The summed E-state index contributed by atoms with van der Waals surface area (Å²) in [6.45, 7) is -0.0228. The zero-order valence-electron chi connectivity index (χ0n) is 15.5. The highest BCUT2D eigenvalue weighted by molar-refractivity contribution is 5.82. The Kier molecular flexibility index (Phi) is 4.67. The number of aliphatic hydroxyl groups is 1. The molecule has 0 spiro atoms. The quantitative estimate of drug-likeness (QED) is 0.555. The number of rotatable bonds is 5. The number of hydrogen-bond acceptors (Lipinski definition) is 6. The molecule has 0 amide bonds. The largest absolute Gasteiger partial charge is 0.493 e. The number of aromatic nitrogens is 3. The monoisotopic (exact) mass is 377 g/mol. The third-order valence-electron chi connectivity index (χ3n) is 4.62. The molecule has 0 aliphatic heterocycles. The van der Waals surface area contributed by atoms with Crippen molar-refractivity contribution < 1.29 is 14.6 Å². The molecular weight excluding hydrogens is 358 g/mol. The van der Waals surface area contributed by atoms with E-state index in [0.717, 1.165) is 22.0 Å². The van der Waals surface area contributed by atoms with Crippen LogP contribution in [0.2, 0.25) is 0 Å². The Morgan fingerprint density at radius 3 is 2.50 bits per heavy atom. The van der Waals surface area contributed by atoms with Gasteiger partial charge in [0, 0.05) is 24.1 Å². The Morgan fingerprint density at radius 2 is 1.75 bits per heavy atom. The summed E-state index contributed by atoms with van der Waals surface area (Å²) >= 11 is 0. The van der Waals surface area contributed by atoms with Crippen LogP contribution in [0.1, 0.15) is 17.0 Å². The molecule has 0 bridgehead atoms. The van der Waals surface area contributed by atoms with Gasteiger partial charge in [-0.25, -0.2) is 4.98 Å². The molecule has 4 rings (SSSR count). The highest BCUT2D eigenvalue weighted by atomic mass is 16.5. The summed E-state index contributed by atoms with van der Waals surface area (Å²) in [5.41, 5.74) is 2.87. The van der Waals surface area contributed by atoms with Crippen molar-refractivity contribution in [2.75, 3.05) is 14.2 Å². The summed E-state index contributed by atoms with van der Waals surface area (Å²) in [4.78, 5) is 24.4. The molecule has 0 fully saturated rings. The fraction of sp³-hybridized carbons (Fsp3) is 0.190. The topological polar surface area (TPSA) is 97.3 Å². The molecule has 0 aliphatic rings. The fourth-order valence-corrected chi connectivity index (χ4v) is 3.21. The second-order valence-electron chi connectivity index (χ2n) is 6.44. The first-order valence-corrected chi connectivity index (χ1v) is 8.74. The van der Waals surface area contributed by atoms with Crippen molar-refractivity contribution in [3.8, 4) is 11.5 Å². The maximum atomic E-state index is 12.5.